The van der Waals surface area contributed by atoms with E-state index in [0.717, 1.165) is 27.8 Å². The maximum Gasteiger partial charge on any atom is 0.251 e. The van der Waals surface area contributed by atoms with Crippen molar-refractivity contribution in [1.29, 1.82) is 5.41 Å². The average molecular weight is 264 g/mol. The maximum atomic E-state index is 11.8. The van der Waals surface area contributed by atoms with Crippen LogP contribution in [-0.4, -0.2) is 11.6 Å². The molecule has 3 rings (SSSR count). The van der Waals surface area contributed by atoms with Crippen LogP contribution >= 0.6 is 0 Å². The molecule has 0 unspecified atom stereocenters. The topological polar surface area (TPSA) is 53.0 Å². The molecule has 0 fully saturated rings. The van der Waals surface area contributed by atoms with Gasteiger partial charge in [0.15, 0.2) is 0 Å². The van der Waals surface area contributed by atoms with E-state index in [1.54, 1.807) is 0 Å². The molecule has 1 heterocycles. The van der Waals surface area contributed by atoms with Gasteiger partial charge in [0.05, 0.1) is 0 Å². The molecule has 0 aliphatic carbocycles. The molecule has 0 aromatic heterocycles. The molecular weight excluding hydrogens is 248 g/mol. The van der Waals surface area contributed by atoms with Crippen LogP contribution in [0.1, 0.15) is 28.4 Å². The van der Waals surface area contributed by atoms with Gasteiger partial charge >= 0.3 is 0 Å². The highest BCUT2D eigenvalue weighted by molar-refractivity contribution is 5.99. The van der Waals surface area contributed by atoms with Gasteiger partial charge in [0.25, 0.3) is 5.91 Å². The number of fused-ring (bicyclic) bond motifs is 1. The first-order valence-electron chi connectivity index (χ1n) is 6.68. The van der Waals surface area contributed by atoms with Crippen LogP contribution in [0.5, 0.6) is 0 Å². The Morgan fingerprint density at radius 1 is 1.20 bits per heavy atom. The normalized spacial score (nSPS) is 12.9. The Bertz CT molecular complexity index is 704. The largest absolute Gasteiger partial charge is 0.348 e. The highest BCUT2D eigenvalue weighted by Crippen LogP contribution is 2.28. The molecule has 0 saturated carbocycles. The molecule has 3 nitrogen and oxygen atoms in total. The van der Waals surface area contributed by atoms with E-state index in [9.17, 15) is 4.79 Å². The molecule has 0 saturated heterocycles. The summed E-state index contributed by atoms with van der Waals surface area (Å²) in [7, 11) is 0. The van der Waals surface area contributed by atoms with Crippen LogP contribution in [0.4, 0.5) is 0 Å². The van der Waals surface area contributed by atoms with Gasteiger partial charge in [-0.05, 0) is 35.2 Å². The summed E-state index contributed by atoms with van der Waals surface area (Å²) in [5.74, 6) is 0.00238. The summed E-state index contributed by atoms with van der Waals surface area (Å²) in [6.45, 7) is 2.43. The molecule has 0 spiro atoms. The second kappa shape index (κ2) is 4.93. The third-order valence-corrected chi connectivity index (χ3v) is 3.58. The molecule has 20 heavy (non-hydrogen) atoms. The Hall–Kier alpha value is -2.42. The van der Waals surface area contributed by atoms with Crippen molar-refractivity contribution in [2.24, 2.45) is 0 Å². The molecule has 1 aliphatic heterocycles. The standard InChI is InChI=1S/C17H16N2O/c1-11(18)8-12-4-2-3-5-15(12)13-6-7-14-10-19-17(20)16(14)9-13/h2-7,9,18H,8,10H2,1H3,(H,19,20). The molecule has 0 atom stereocenters. The highest BCUT2D eigenvalue weighted by Gasteiger charge is 2.19. The minimum atomic E-state index is 0.00238. The van der Waals surface area contributed by atoms with E-state index in [2.05, 4.69) is 11.4 Å². The fraction of sp³-hybridized carbons (Fsp3) is 0.176. The monoisotopic (exact) mass is 264 g/mol. The van der Waals surface area contributed by atoms with Gasteiger partial charge < -0.3 is 10.7 Å². The second-order valence-electron chi connectivity index (χ2n) is 5.17. The number of nitrogens with one attached hydrogen (secondary N) is 2. The van der Waals surface area contributed by atoms with E-state index >= 15 is 0 Å². The molecule has 2 aromatic carbocycles. The average Bonchev–Trinajstić information content (AvgIpc) is 2.80. The van der Waals surface area contributed by atoms with Crippen LogP contribution in [0, 0.1) is 5.41 Å². The zero-order valence-electron chi connectivity index (χ0n) is 11.4. The van der Waals surface area contributed by atoms with E-state index < -0.39 is 0 Å². The lowest BCUT2D eigenvalue weighted by Gasteiger charge is -2.10. The summed E-state index contributed by atoms with van der Waals surface area (Å²) < 4.78 is 0. The van der Waals surface area contributed by atoms with Gasteiger partial charge in [0, 0.05) is 24.2 Å². The number of hydrogen-bond donors (Lipinski definition) is 2. The number of benzene rings is 2. The second-order valence-corrected chi connectivity index (χ2v) is 5.17. The zero-order valence-corrected chi connectivity index (χ0v) is 11.4. The first-order valence-corrected chi connectivity index (χ1v) is 6.68. The van der Waals surface area contributed by atoms with Crippen molar-refractivity contribution in [1.82, 2.24) is 5.32 Å². The van der Waals surface area contributed by atoms with Crippen molar-refractivity contribution in [2.75, 3.05) is 0 Å². The number of amides is 1. The molecule has 1 amide bonds. The third-order valence-electron chi connectivity index (χ3n) is 3.58. The van der Waals surface area contributed by atoms with Crippen molar-refractivity contribution >= 4 is 11.6 Å². The summed E-state index contributed by atoms with van der Waals surface area (Å²) in [6.07, 6.45) is 0.638. The van der Waals surface area contributed by atoms with E-state index in [4.69, 9.17) is 5.41 Å². The van der Waals surface area contributed by atoms with Gasteiger partial charge in [0.1, 0.15) is 0 Å². The summed E-state index contributed by atoms with van der Waals surface area (Å²) in [5.41, 5.74) is 5.72. The van der Waals surface area contributed by atoms with Crippen LogP contribution in [-0.2, 0) is 13.0 Å². The lowest BCUT2D eigenvalue weighted by atomic mass is 9.94. The van der Waals surface area contributed by atoms with Crippen molar-refractivity contribution in [2.45, 2.75) is 19.9 Å². The minimum Gasteiger partial charge on any atom is -0.348 e. The van der Waals surface area contributed by atoms with Crippen LogP contribution in [0.25, 0.3) is 11.1 Å². The molecule has 2 aromatic rings. The molecule has 0 radical (unpaired) electrons. The van der Waals surface area contributed by atoms with Gasteiger partial charge in [-0.15, -0.1) is 0 Å². The van der Waals surface area contributed by atoms with Crippen LogP contribution < -0.4 is 5.32 Å². The number of carbonyl (C=O) groups excluding carboxylic acids is 1. The Kier molecular flexibility index (Phi) is 3.11. The van der Waals surface area contributed by atoms with Crippen molar-refractivity contribution in [3.8, 4) is 11.1 Å². The van der Waals surface area contributed by atoms with Gasteiger partial charge in [-0.25, -0.2) is 0 Å². The van der Waals surface area contributed by atoms with Crippen LogP contribution in [0.3, 0.4) is 0 Å². The summed E-state index contributed by atoms with van der Waals surface area (Å²) in [6, 6.07) is 14.1. The third kappa shape index (κ3) is 2.23. The summed E-state index contributed by atoms with van der Waals surface area (Å²) in [5, 5.41) is 10.5. The molecule has 1 aliphatic rings. The highest BCUT2D eigenvalue weighted by atomic mass is 16.1. The lowest BCUT2D eigenvalue weighted by molar-refractivity contribution is 0.0966. The molecule has 100 valence electrons. The Morgan fingerprint density at radius 3 is 2.80 bits per heavy atom. The number of hydrogen-bond acceptors (Lipinski definition) is 2. The fourth-order valence-corrected chi connectivity index (χ4v) is 2.62. The zero-order chi connectivity index (χ0) is 14.1. The Labute approximate surface area is 118 Å². The van der Waals surface area contributed by atoms with Gasteiger partial charge in [0.2, 0.25) is 0 Å². The van der Waals surface area contributed by atoms with Crippen molar-refractivity contribution in [3.63, 3.8) is 0 Å². The minimum absolute atomic E-state index is 0.00238. The van der Waals surface area contributed by atoms with Crippen molar-refractivity contribution < 1.29 is 4.79 Å². The smallest absolute Gasteiger partial charge is 0.251 e. The molecular formula is C17H16N2O. The molecule has 3 heteroatoms. The number of rotatable bonds is 3. The Morgan fingerprint density at radius 2 is 2.00 bits per heavy atom. The first kappa shape index (κ1) is 12.6. The van der Waals surface area contributed by atoms with Crippen LogP contribution in [0.2, 0.25) is 0 Å². The predicted octanol–water partition coefficient (Wildman–Crippen LogP) is 3.18. The maximum absolute atomic E-state index is 11.8. The summed E-state index contributed by atoms with van der Waals surface area (Å²) in [4.78, 5) is 11.8. The molecule has 0 bridgehead atoms. The van der Waals surface area contributed by atoms with Crippen molar-refractivity contribution in [3.05, 3.63) is 59.2 Å². The SMILES string of the molecule is CC(=N)Cc1ccccc1-c1ccc2c(c1)C(=O)NC2. The van der Waals surface area contributed by atoms with Gasteiger partial charge in [-0.3, -0.25) is 4.79 Å². The molecule has 2 N–H and O–H groups in total. The first-order chi connectivity index (χ1) is 9.65. The summed E-state index contributed by atoms with van der Waals surface area (Å²) >= 11 is 0. The van der Waals surface area contributed by atoms with Gasteiger partial charge in [-0.2, -0.15) is 0 Å². The fourth-order valence-electron chi connectivity index (χ4n) is 2.62. The van der Waals surface area contributed by atoms with E-state index in [1.807, 2.05) is 43.3 Å². The van der Waals surface area contributed by atoms with E-state index in [1.165, 1.54) is 0 Å². The predicted molar refractivity (Wildman–Crippen MR) is 80.2 cm³/mol. The van der Waals surface area contributed by atoms with Crippen LogP contribution in [0.15, 0.2) is 42.5 Å². The number of carbonyl (C=O) groups is 1. The lowest BCUT2D eigenvalue weighted by Crippen LogP contribution is -2.12. The van der Waals surface area contributed by atoms with Gasteiger partial charge in [-0.1, -0.05) is 36.4 Å². The van der Waals surface area contributed by atoms with E-state index in [0.29, 0.717) is 18.7 Å². The quantitative estimate of drug-likeness (QED) is 0.822. The Balaban J connectivity index is 2.08. The van der Waals surface area contributed by atoms with E-state index in [-0.39, 0.29) is 5.91 Å².